The number of hydrogen-bond acceptors (Lipinski definition) is 5. The molecule has 0 radical (unpaired) electrons. The number of nitrogens with zero attached hydrogens (tertiary/aromatic N) is 2. The molecule has 1 unspecified atom stereocenters. The third kappa shape index (κ3) is 3.62. The Morgan fingerprint density at radius 1 is 1.26 bits per heavy atom. The highest BCUT2D eigenvalue weighted by Crippen LogP contribution is 2.41. The van der Waals surface area contributed by atoms with Gasteiger partial charge < -0.3 is 10.2 Å². The van der Waals surface area contributed by atoms with Crippen LogP contribution in [-0.2, 0) is 11.4 Å². The lowest BCUT2D eigenvalue weighted by molar-refractivity contribution is 0.0848. The van der Waals surface area contributed by atoms with Gasteiger partial charge in [0, 0.05) is 30.8 Å². The van der Waals surface area contributed by atoms with Crippen molar-refractivity contribution in [2.75, 3.05) is 6.54 Å². The molecule has 0 amide bonds. The summed E-state index contributed by atoms with van der Waals surface area (Å²) in [6.07, 6.45) is 3.61. The van der Waals surface area contributed by atoms with E-state index in [2.05, 4.69) is 47.0 Å². The average Bonchev–Trinajstić information content (AvgIpc) is 3.12. The number of aromatic nitrogens is 1. The molecule has 4 nitrogen and oxygen atoms in total. The minimum Gasteiger partial charge on any atom is -0.390 e. The SMILES string of the molecule is Cc1ccc(C2=NOC(CNCc3csc(C4CC4)n3)C2)cc1. The van der Waals surface area contributed by atoms with Crippen molar-refractivity contribution in [3.05, 3.63) is 51.5 Å². The molecular formula is C18H21N3OS. The van der Waals surface area contributed by atoms with Gasteiger partial charge in [0.1, 0.15) is 6.10 Å². The van der Waals surface area contributed by atoms with Gasteiger partial charge in [-0.1, -0.05) is 35.0 Å². The van der Waals surface area contributed by atoms with Gasteiger partial charge in [-0.3, -0.25) is 0 Å². The summed E-state index contributed by atoms with van der Waals surface area (Å²) >= 11 is 1.80. The van der Waals surface area contributed by atoms with Gasteiger partial charge in [0.05, 0.1) is 16.4 Å². The fourth-order valence-electron chi connectivity index (χ4n) is 2.74. The zero-order valence-corrected chi connectivity index (χ0v) is 14.1. The minimum atomic E-state index is 0.118. The number of benzene rings is 1. The normalized spacial score (nSPS) is 20.4. The fraction of sp³-hybridized carbons (Fsp3) is 0.444. The van der Waals surface area contributed by atoms with E-state index in [1.54, 1.807) is 11.3 Å². The first kappa shape index (κ1) is 14.8. The molecule has 1 fully saturated rings. The maximum atomic E-state index is 5.55. The molecule has 1 saturated carbocycles. The first-order valence-electron chi connectivity index (χ1n) is 8.22. The molecule has 1 atom stereocenters. The van der Waals surface area contributed by atoms with Crippen molar-refractivity contribution in [1.82, 2.24) is 10.3 Å². The zero-order valence-electron chi connectivity index (χ0n) is 13.3. The summed E-state index contributed by atoms with van der Waals surface area (Å²) in [6, 6.07) is 8.45. The molecule has 120 valence electrons. The lowest BCUT2D eigenvalue weighted by Crippen LogP contribution is -2.26. The Morgan fingerprint density at radius 2 is 2.09 bits per heavy atom. The summed E-state index contributed by atoms with van der Waals surface area (Å²) in [5.41, 5.74) is 4.61. The maximum Gasteiger partial charge on any atom is 0.145 e. The van der Waals surface area contributed by atoms with Crippen molar-refractivity contribution >= 4 is 17.0 Å². The molecule has 2 aliphatic rings. The molecule has 1 N–H and O–H groups in total. The van der Waals surface area contributed by atoms with Gasteiger partial charge in [0.15, 0.2) is 0 Å². The summed E-state index contributed by atoms with van der Waals surface area (Å²) in [5, 5.41) is 11.2. The second kappa shape index (κ2) is 6.42. The Morgan fingerprint density at radius 3 is 2.87 bits per heavy atom. The van der Waals surface area contributed by atoms with Crippen LogP contribution in [-0.4, -0.2) is 23.3 Å². The van der Waals surface area contributed by atoms with Crippen molar-refractivity contribution < 1.29 is 4.84 Å². The number of aryl methyl sites for hydroxylation is 1. The van der Waals surface area contributed by atoms with Crippen LogP contribution < -0.4 is 5.32 Å². The van der Waals surface area contributed by atoms with E-state index in [-0.39, 0.29) is 6.10 Å². The number of oxime groups is 1. The van der Waals surface area contributed by atoms with Gasteiger partial charge in [-0.05, 0) is 25.3 Å². The van der Waals surface area contributed by atoms with E-state index in [4.69, 9.17) is 9.82 Å². The third-order valence-corrected chi connectivity index (χ3v) is 5.35. The molecule has 5 heteroatoms. The summed E-state index contributed by atoms with van der Waals surface area (Å²) in [7, 11) is 0. The average molecular weight is 327 g/mol. The molecular weight excluding hydrogens is 306 g/mol. The molecule has 0 saturated heterocycles. The molecule has 1 aliphatic carbocycles. The van der Waals surface area contributed by atoms with Crippen LogP contribution in [0, 0.1) is 6.92 Å². The Labute approximate surface area is 140 Å². The van der Waals surface area contributed by atoms with Crippen LogP contribution in [0.25, 0.3) is 0 Å². The van der Waals surface area contributed by atoms with E-state index in [1.807, 2.05) is 0 Å². The maximum absolute atomic E-state index is 5.55. The number of hydrogen-bond donors (Lipinski definition) is 1. The molecule has 1 aromatic carbocycles. The molecule has 0 spiro atoms. The highest BCUT2D eigenvalue weighted by atomic mass is 32.1. The van der Waals surface area contributed by atoms with E-state index in [1.165, 1.54) is 23.4 Å². The van der Waals surface area contributed by atoms with Crippen LogP contribution in [0.15, 0.2) is 34.8 Å². The molecule has 0 bridgehead atoms. The van der Waals surface area contributed by atoms with Crippen LogP contribution in [0.4, 0.5) is 0 Å². The first-order valence-corrected chi connectivity index (χ1v) is 9.10. The lowest BCUT2D eigenvalue weighted by Gasteiger charge is -2.08. The first-order chi connectivity index (χ1) is 11.3. The number of rotatable bonds is 6. The van der Waals surface area contributed by atoms with E-state index >= 15 is 0 Å². The van der Waals surface area contributed by atoms with Crippen LogP contribution in [0.2, 0.25) is 0 Å². The molecule has 1 aliphatic heterocycles. The number of nitrogens with one attached hydrogen (secondary N) is 1. The van der Waals surface area contributed by atoms with Crippen LogP contribution >= 0.6 is 11.3 Å². The predicted molar refractivity (Wildman–Crippen MR) is 93.0 cm³/mol. The topological polar surface area (TPSA) is 46.5 Å². The summed E-state index contributed by atoms with van der Waals surface area (Å²) in [5.74, 6) is 0.748. The monoisotopic (exact) mass is 327 g/mol. The van der Waals surface area contributed by atoms with Crippen LogP contribution in [0.5, 0.6) is 0 Å². The van der Waals surface area contributed by atoms with E-state index in [0.717, 1.165) is 42.4 Å². The van der Waals surface area contributed by atoms with Crippen molar-refractivity contribution in [1.29, 1.82) is 0 Å². The lowest BCUT2D eigenvalue weighted by atomic mass is 10.0. The highest BCUT2D eigenvalue weighted by Gasteiger charge is 2.26. The Kier molecular flexibility index (Phi) is 4.14. The molecule has 2 heterocycles. The standard InChI is InChI=1S/C18H21N3OS/c1-12-2-4-13(5-3-12)17-8-16(22-21-17)10-19-9-15-11-23-18(20-15)14-6-7-14/h2-5,11,14,16,19H,6-10H2,1H3. The van der Waals surface area contributed by atoms with Gasteiger partial charge in [-0.15, -0.1) is 11.3 Å². The summed E-state index contributed by atoms with van der Waals surface area (Å²) < 4.78 is 0. The van der Waals surface area contributed by atoms with Crippen LogP contribution in [0.1, 0.15) is 47.0 Å². The largest absolute Gasteiger partial charge is 0.390 e. The summed E-state index contributed by atoms with van der Waals surface area (Å²) in [4.78, 5) is 10.2. The smallest absolute Gasteiger partial charge is 0.145 e. The second-order valence-corrected chi connectivity index (χ2v) is 7.31. The summed E-state index contributed by atoms with van der Waals surface area (Å²) in [6.45, 7) is 3.70. The molecule has 23 heavy (non-hydrogen) atoms. The van der Waals surface area contributed by atoms with Crippen LogP contribution in [0.3, 0.4) is 0 Å². The zero-order chi connectivity index (χ0) is 15.6. The Balaban J connectivity index is 1.24. The fourth-order valence-corrected chi connectivity index (χ4v) is 3.73. The second-order valence-electron chi connectivity index (χ2n) is 6.42. The Bertz CT molecular complexity index is 703. The van der Waals surface area contributed by atoms with Gasteiger partial charge >= 0.3 is 0 Å². The van der Waals surface area contributed by atoms with Gasteiger partial charge in [-0.2, -0.15) is 0 Å². The van der Waals surface area contributed by atoms with Crippen molar-refractivity contribution in [2.45, 2.75) is 44.8 Å². The van der Waals surface area contributed by atoms with Crippen molar-refractivity contribution in [2.24, 2.45) is 5.16 Å². The van der Waals surface area contributed by atoms with Gasteiger partial charge in [0.2, 0.25) is 0 Å². The van der Waals surface area contributed by atoms with E-state index in [9.17, 15) is 0 Å². The van der Waals surface area contributed by atoms with E-state index in [0.29, 0.717) is 0 Å². The quantitative estimate of drug-likeness (QED) is 0.881. The Hall–Kier alpha value is -1.72. The van der Waals surface area contributed by atoms with E-state index < -0.39 is 0 Å². The number of thiazole rings is 1. The molecule has 1 aromatic heterocycles. The predicted octanol–water partition coefficient (Wildman–Crippen LogP) is 3.61. The van der Waals surface area contributed by atoms with Crippen molar-refractivity contribution in [3.8, 4) is 0 Å². The highest BCUT2D eigenvalue weighted by molar-refractivity contribution is 7.09. The van der Waals surface area contributed by atoms with Gasteiger partial charge in [-0.25, -0.2) is 4.98 Å². The third-order valence-electron chi connectivity index (χ3n) is 4.29. The van der Waals surface area contributed by atoms with Gasteiger partial charge in [0.25, 0.3) is 0 Å². The molecule has 2 aromatic rings. The molecule has 4 rings (SSSR count). The van der Waals surface area contributed by atoms with Crippen molar-refractivity contribution in [3.63, 3.8) is 0 Å². The minimum absolute atomic E-state index is 0.118.